The zero-order chi connectivity index (χ0) is 18.3. The Kier molecular flexibility index (Phi) is 6.90. The molecule has 6 nitrogen and oxygen atoms in total. The molecule has 138 valence electrons. The van der Waals surface area contributed by atoms with E-state index in [4.69, 9.17) is 4.74 Å². The summed E-state index contributed by atoms with van der Waals surface area (Å²) in [6.45, 7) is 1.59. The lowest BCUT2D eigenvalue weighted by Crippen LogP contribution is -2.50. The van der Waals surface area contributed by atoms with Crippen molar-refractivity contribution >= 4 is 11.9 Å². The zero-order valence-corrected chi connectivity index (χ0v) is 14.5. The Morgan fingerprint density at radius 1 is 1.40 bits per heavy atom. The Bertz CT molecular complexity index is 610. The van der Waals surface area contributed by atoms with E-state index in [0.717, 1.165) is 6.42 Å². The van der Waals surface area contributed by atoms with Gasteiger partial charge in [-0.2, -0.15) is 0 Å². The molecule has 1 aromatic rings. The van der Waals surface area contributed by atoms with Gasteiger partial charge in [-0.25, -0.2) is 4.39 Å². The number of likely N-dealkylation sites (tertiary alicyclic amines) is 1. The second-order valence-electron chi connectivity index (χ2n) is 6.51. The van der Waals surface area contributed by atoms with Crippen LogP contribution in [0.2, 0.25) is 0 Å². The second-order valence-corrected chi connectivity index (χ2v) is 6.51. The number of hydrogen-bond acceptors (Lipinski definition) is 4. The minimum absolute atomic E-state index is 0.108. The quantitative estimate of drug-likeness (QED) is 0.744. The third kappa shape index (κ3) is 5.24. The van der Waals surface area contributed by atoms with Crippen LogP contribution in [0.15, 0.2) is 24.3 Å². The molecule has 1 saturated heterocycles. The fraction of sp³-hybridized carbons (Fsp3) is 0.556. The van der Waals surface area contributed by atoms with E-state index in [1.807, 2.05) is 4.90 Å². The number of carboxylic acid groups (broad SMARTS) is 1. The Labute approximate surface area is 147 Å². The Balaban J connectivity index is 1.89. The monoisotopic (exact) mass is 352 g/mol. The van der Waals surface area contributed by atoms with Crippen molar-refractivity contribution in [3.05, 3.63) is 35.6 Å². The summed E-state index contributed by atoms with van der Waals surface area (Å²) in [5.74, 6) is -1.44. The number of halogens is 1. The lowest BCUT2D eigenvalue weighted by Gasteiger charge is -2.39. The van der Waals surface area contributed by atoms with Crippen molar-refractivity contribution < 1.29 is 23.8 Å². The molecule has 1 amide bonds. The van der Waals surface area contributed by atoms with Crippen LogP contribution < -0.4 is 5.32 Å². The van der Waals surface area contributed by atoms with Crippen molar-refractivity contribution in [1.29, 1.82) is 0 Å². The summed E-state index contributed by atoms with van der Waals surface area (Å²) in [5, 5.41) is 12.3. The number of carbonyl (C=O) groups is 2. The van der Waals surface area contributed by atoms with Crippen LogP contribution in [0.3, 0.4) is 0 Å². The van der Waals surface area contributed by atoms with Gasteiger partial charge >= 0.3 is 5.97 Å². The summed E-state index contributed by atoms with van der Waals surface area (Å²) >= 11 is 0. The Hall–Kier alpha value is -1.99. The summed E-state index contributed by atoms with van der Waals surface area (Å²) in [6.07, 6.45) is 1.72. The van der Waals surface area contributed by atoms with Crippen LogP contribution >= 0.6 is 0 Å². The number of rotatable bonds is 8. The van der Waals surface area contributed by atoms with Gasteiger partial charge in [0.15, 0.2) is 0 Å². The summed E-state index contributed by atoms with van der Waals surface area (Å²) in [6, 6.07) is 6.28. The molecule has 0 radical (unpaired) electrons. The summed E-state index contributed by atoms with van der Waals surface area (Å²) < 4.78 is 18.6. The molecule has 1 aliphatic rings. The number of methoxy groups -OCH3 is 1. The van der Waals surface area contributed by atoms with Crippen molar-refractivity contribution in [2.45, 2.75) is 25.8 Å². The van der Waals surface area contributed by atoms with Gasteiger partial charge in [-0.15, -0.1) is 0 Å². The maximum atomic E-state index is 13.6. The SMILES string of the molecule is COCC[C@]1(C(=O)O)CCCN(CC(=O)NCc2ccccc2F)C1. The molecule has 2 N–H and O–H groups in total. The highest BCUT2D eigenvalue weighted by Crippen LogP contribution is 2.33. The molecule has 0 bridgehead atoms. The van der Waals surface area contributed by atoms with Gasteiger partial charge < -0.3 is 15.2 Å². The van der Waals surface area contributed by atoms with Crippen molar-refractivity contribution in [3.8, 4) is 0 Å². The molecule has 1 heterocycles. The summed E-state index contributed by atoms with van der Waals surface area (Å²) in [7, 11) is 1.55. The van der Waals surface area contributed by atoms with E-state index >= 15 is 0 Å². The van der Waals surface area contributed by atoms with Crippen LogP contribution in [0.4, 0.5) is 4.39 Å². The van der Waals surface area contributed by atoms with Crippen LogP contribution in [0.25, 0.3) is 0 Å². The van der Waals surface area contributed by atoms with E-state index in [9.17, 15) is 19.1 Å². The number of carboxylic acids is 1. The highest BCUT2D eigenvalue weighted by atomic mass is 19.1. The lowest BCUT2D eigenvalue weighted by atomic mass is 9.77. The Morgan fingerprint density at radius 2 is 2.16 bits per heavy atom. The molecular weight excluding hydrogens is 327 g/mol. The number of amides is 1. The smallest absolute Gasteiger partial charge is 0.311 e. The van der Waals surface area contributed by atoms with Gasteiger partial charge in [-0.3, -0.25) is 14.5 Å². The second kappa shape index (κ2) is 8.92. The number of nitrogens with zero attached hydrogens (tertiary/aromatic N) is 1. The predicted molar refractivity (Wildman–Crippen MR) is 90.5 cm³/mol. The molecule has 0 unspecified atom stereocenters. The first-order valence-corrected chi connectivity index (χ1v) is 8.42. The largest absolute Gasteiger partial charge is 0.481 e. The molecule has 1 fully saturated rings. The van der Waals surface area contributed by atoms with Gasteiger partial charge in [0.1, 0.15) is 5.82 Å². The van der Waals surface area contributed by atoms with Crippen LogP contribution in [-0.2, 0) is 20.9 Å². The van der Waals surface area contributed by atoms with Gasteiger partial charge in [0, 0.05) is 32.4 Å². The minimum atomic E-state index is -0.875. The average Bonchev–Trinajstić information content (AvgIpc) is 2.59. The van der Waals surface area contributed by atoms with Gasteiger partial charge in [-0.1, -0.05) is 18.2 Å². The highest BCUT2D eigenvalue weighted by molar-refractivity contribution is 5.78. The molecule has 0 aromatic heterocycles. The molecule has 25 heavy (non-hydrogen) atoms. The number of nitrogens with one attached hydrogen (secondary N) is 1. The molecular formula is C18H25FN2O4. The molecule has 0 saturated carbocycles. The topological polar surface area (TPSA) is 78.9 Å². The number of ether oxygens (including phenoxy) is 1. The van der Waals surface area contributed by atoms with Gasteiger partial charge in [0.25, 0.3) is 0 Å². The zero-order valence-electron chi connectivity index (χ0n) is 14.5. The molecule has 1 aliphatic heterocycles. The lowest BCUT2D eigenvalue weighted by molar-refractivity contribution is -0.154. The first-order chi connectivity index (χ1) is 12.0. The molecule has 0 spiro atoms. The predicted octanol–water partition coefficient (Wildman–Crippen LogP) is 1.65. The highest BCUT2D eigenvalue weighted by Gasteiger charge is 2.42. The van der Waals surface area contributed by atoms with Crippen LogP contribution in [0.1, 0.15) is 24.8 Å². The van der Waals surface area contributed by atoms with Crippen LogP contribution in [0.5, 0.6) is 0 Å². The standard InChI is InChI=1S/C18H25FN2O4/c1-25-10-8-18(17(23)24)7-4-9-21(13-18)12-16(22)20-11-14-5-2-3-6-15(14)19/h2-3,5-6H,4,7-13H2,1H3,(H,20,22)(H,23,24)/t18-/m1/s1. The molecule has 2 rings (SSSR count). The summed E-state index contributed by atoms with van der Waals surface area (Å²) in [5.41, 5.74) is -0.449. The van der Waals surface area contributed by atoms with Crippen molar-refractivity contribution in [3.63, 3.8) is 0 Å². The van der Waals surface area contributed by atoms with E-state index in [1.165, 1.54) is 6.07 Å². The number of piperidine rings is 1. The maximum absolute atomic E-state index is 13.6. The van der Waals surface area contributed by atoms with E-state index in [0.29, 0.717) is 38.1 Å². The molecule has 7 heteroatoms. The number of hydrogen-bond donors (Lipinski definition) is 2. The molecule has 1 aromatic carbocycles. The molecule has 1 atom stereocenters. The van der Waals surface area contributed by atoms with E-state index in [2.05, 4.69) is 5.32 Å². The van der Waals surface area contributed by atoms with Crippen molar-refractivity contribution in [1.82, 2.24) is 10.2 Å². The first-order valence-electron chi connectivity index (χ1n) is 8.42. The van der Waals surface area contributed by atoms with Crippen molar-refractivity contribution in [2.24, 2.45) is 5.41 Å². The van der Waals surface area contributed by atoms with Gasteiger partial charge in [0.05, 0.1) is 12.0 Å². The maximum Gasteiger partial charge on any atom is 0.311 e. The van der Waals surface area contributed by atoms with Gasteiger partial charge in [0.2, 0.25) is 5.91 Å². The van der Waals surface area contributed by atoms with Crippen LogP contribution in [0, 0.1) is 11.2 Å². The first kappa shape index (κ1) is 19.3. The van der Waals surface area contributed by atoms with E-state index in [-0.39, 0.29) is 24.8 Å². The average molecular weight is 352 g/mol. The third-order valence-corrected chi connectivity index (χ3v) is 4.70. The Morgan fingerprint density at radius 3 is 2.84 bits per heavy atom. The number of carbonyl (C=O) groups excluding carboxylic acids is 1. The summed E-state index contributed by atoms with van der Waals surface area (Å²) in [4.78, 5) is 25.7. The molecule has 0 aliphatic carbocycles. The van der Waals surface area contributed by atoms with E-state index in [1.54, 1.807) is 25.3 Å². The fourth-order valence-corrected chi connectivity index (χ4v) is 3.24. The normalized spacial score (nSPS) is 21.0. The minimum Gasteiger partial charge on any atom is -0.481 e. The van der Waals surface area contributed by atoms with Crippen molar-refractivity contribution in [2.75, 3.05) is 33.4 Å². The third-order valence-electron chi connectivity index (χ3n) is 4.70. The van der Waals surface area contributed by atoms with E-state index < -0.39 is 11.4 Å². The van der Waals surface area contributed by atoms with Gasteiger partial charge in [-0.05, 0) is 31.9 Å². The number of benzene rings is 1. The number of aliphatic carboxylic acids is 1. The fourth-order valence-electron chi connectivity index (χ4n) is 3.24. The van der Waals surface area contributed by atoms with Crippen LogP contribution in [-0.4, -0.2) is 55.2 Å².